The molecule has 0 saturated heterocycles. The number of benzene rings is 1. The Morgan fingerprint density at radius 2 is 2.33 bits per heavy atom. The van der Waals surface area contributed by atoms with Crippen LogP contribution in [-0.2, 0) is 0 Å². The molecule has 1 rings (SSSR count). The number of carbonyl (C=O) groups excluding carboxylic acids is 1. The molecule has 0 aliphatic carbocycles. The van der Waals surface area contributed by atoms with Crippen LogP contribution in [0.15, 0.2) is 22.7 Å². The van der Waals surface area contributed by atoms with Gasteiger partial charge in [-0.05, 0) is 28.1 Å². The lowest BCUT2D eigenvalue weighted by molar-refractivity contribution is 0.0808. The van der Waals surface area contributed by atoms with Crippen LogP contribution in [0.4, 0.5) is 4.39 Å². The third kappa shape index (κ3) is 2.57. The maximum Gasteiger partial charge on any atom is 0.257 e. The molecule has 0 fully saturated rings. The number of amides is 1. The van der Waals surface area contributed by atoms with Gasteiger partial charge in [0, 0.05) is 7.05 Å². The van der Waals surface area contributed by atoms with E-state index in [-0.39, 0.29) is 16.6 Å². The molecule has 0 atom stereocenters. The summed E-state index contributed by atoms with van der Waals surface area (Å²) in [6.07, 6.45) is 5.07. The van der Waals surface area contributed by atoms with Crippen molar-refractivity contribution in [2.24, 2.45) is 0 Å². The number of halogens is 2. The number of hydrogen-bond donors (Lipinski definition) is 0. The zero-order chi connectivity index (χ0) is 11.4. The Bertz CT molecular complexity index is 425. The Hall–Kier alpha value is -1.34. The van der Waals surface area contributed by atoms with E-state index in [0.29, 0.717) is 0 Å². The van der Waals surface area contributed by atoms with Gasteiger partial charge in [-0.3, -0.25) is 4.79 Å². The molecular formula is C11H9BrFNO. The van der Waals surface area contributed by atoms with Gasteiger partial charge in [-0.1, -0.05) is 12.0 Å². The highest BCUT2D eigenvalue weighted by molar-refractivity contribution is 9.10. The van der Waals surface area contributed by atoms with Gasteiger partial charge in [-0.25, -0.2) is 4.39 Å². The van der Waals surface area contributed by atoms with Gasteiger partial charge < -0.3 is 4.90 Å². The van der Waals surface area contributed by atoms with E-state index in [0.717, 1.165) is 0 Å². The fourth-order valence-electron chi connectivity index (χ4n) is 1.08. The van der Waals surface area contributed by atoms with Crippen molar-refractivity contribution in [2.45, 2.75) is 0 Å². The molecule has 0 saturated carbocycles. The summed E-state index contributed by atoms with van der Waals surface area (Å²) in [5.41, 5.74) is 0.0159. The maximum atomic E-state index is 13.5. The summed E-state index contributed by atoms with van der Waals surface area (Å²) in [5, 5.41) is 0. The van der Waals surface area contributed by atoms with Gasteiger partial charge >= 0.3 is 0 Å². The third-order valence-electron chi connectivity index (χ3n) is 1.86. The van der Waals surface area contributed by atoms with Crippen molar-refractivity contribution in [2.75, 3.05) is 13.6 Å². The Balaban J connectivity index is 3.02. The second-order valence-corrected chi connectivity index (χ2v) is 3.82. The molecule has 0 heterocycles. The van der Waals surface area contributed by atoms with Gasteiger partial charge in [0.05, 0.1) is 16.6 Å². The Kier molecular flexibility index (Phi) is 3.87. The summed E-state index contributed by atoms with van der Waals surface area (Å²) in [5.74, 6) is 1.34. The Morgan fingerprint density at radius 1 is 1.67 bits per heavy atom. The average molecular weight is 270 g/mol. The number of nitrogens with zero attached hydrogens (tertiary/aromatic N) is 1. The number of terminal acetylenes is 1. The van der Waals surface area contributed by atoms with Crippen molar-refractivity contribution in [3.63, 3.8) is 0 Å². The van der Waals surface area contributed by atoms with E-state index in [1.807, 2.05) is 0 Å². The van der Waals surface area contributed by atoms with Crippen LogP contribution in [0.2, 0.25) is 0 Å². The highest BCUT2D eigenvalue weighted by Gasteiger charge is 2.16. The van der Waals surface area contributed by atoms with Crippen molar-refractivity contribution in [3.8, 4) is 12.3 Å². The summed E-state index contributed by atoms with van der Waals surface area (Å²) in [6, 6.07) is 4.56. The van der Waals surface area contributed by atoms with E-state index in [4.69, 9.17) is 6.42 Å². The van der Waals surface area contributed by atoms with E-state index in [1.165, 1.54) is 24.1 Å². The minimum absolute atomic E-state index is 0.0159. The van der Waals surface area contributed by atoms with Crippen LogP contribution < -0.4 is 0 Å². The molecule has 0 N–H and O–H groups in total. The summed E-state index contributed by atoms with van der Waals surface area (Å²) >= 11 is 3.02. The summed E-state index contributed by atoms with van der Waals surface area (Å²) in [4.78, 5) is 13.0. The lowest BCUT2D eigenvalue weighted by atomic mass is 10.2. The lowest BCUT2D eigenvalue weighted by Crippen LogP contribution is -2.27. The van der Waals surface area contributed by atoms with Crippen LogP contribution in [0, 0.1) is 18.2 Å². The van der Waals surface area contributed by atoms with E-state index in [2.05, 4.69) is 21.9 Å². The molecule has 0 aliphatic heterocycles. The second-order valence-electron chi connectivity index (χ2n) is 2.97. The number of rotatable bonds is 2. The highest BCUT2D eigenvalue weighted by atomic mass is 79.9. The van der Waals surface area contributed by atoms with Crippen molar-refractivity contribution in [1.29, 1.82) is 0 Å². The zero-order valence-electron chi connectivity index (χ0n) is 8.13. The summed E-state index contributed by atoms with van der Waals surface area (Å²) in [7, 11) is 1.53. The molecule has 0 spiro atoms. The largest absolute Gasteiger partial charge is 0.330 e. The topological polar surface area (TPSA) is 20.3 Å². The lowest BCUT2D eigenvalue weighted by Gasteiger charge is -2.14. The Labute approximate surface area is 96.2 Å². The number of carbonyl (C=O) groups is 1. The smallest absolute Gasteiger partial charge is 0.257 e. The third-order valence-corrected chi connectivity index (χ3v) is 2.47. The molecule has 0 unspecified atom stereocenters. The number of hydrogen-bond acceptors (Lipinski definition) is 1. The van der Waals surface area contributed by atoms with Crippen LogP contribution >= 0.6 is 15.9 Å². The minimum Gasteiger partial charge on any atom is -0.330 e. The molecular weight excluding hydrogens is 261 g/mol. The van der Waals surface area contributed by atoms with Gasteiger partial charge in [-0.2, -0.15) is 0 Å². The van der Waals surface area contributed by atoms with Crippen LogP contribution in [0.3, 0.4) is 0 Å². The average Bonchev–Trinajstić information content (AvgIpc) is 2.21. The van der Waals surface area contributed by atoms with Crippen LogP contribution in [0.5, 0.6) is 0 Å². The molecule has 1 aromatic carbocycles. The van der Waals surface area contributed by atoms with Gasteiger partial charge in [0.25, 0.3) is 5.91 Å². The van der Waals surface area contributed by atoms with E-state index in [9.17, 15) is 9.18 Å². The fourth-order valence-corrected chi connectivity index (χ4v) is 1.45. The monoisotopic (exact) mass is 269 g/mol. The van der Waals surface area contributed by atoms with Gasteiger partial charge in [0.15, 0.2) is 0 Å². The van der Waals surface area contributed by atoms with Gasteiger partial charge in [0.2, 0.25) is 0 Å². The first kappa shape index (κ1) is 11.7. The van der Waals surface area contributed by atoms with Crippen molar-refractivity contribution >= 4 is 21.8 Å². The molecule has 4 heteroatoms. The van der Waals surface area contributed by atoms with Crippen LogP contribution in [-0.4, -0.2) is 24.4 Å². The zero-order valence-corrected chi connectivity index (χ0v) is 9.71. The molecule has 0 aliphatic rings. The predicted octanol–water partition coefficient (Wildman–Crippen LogP) is 2.29. The van der Waals surface area contributed by atoms with Crippen molar-refractivity contribution in [1.82, 2.24) is 4.90 Å². The molecule has 0 radical (unpaired) electrons. The first-order chi connectivity index (χ1) is 7.07. The second kappa shape index (κ2) is 4.94. The minimum atomic E-state index is -0.564. The molecule has 2 nitrogen and oxygen atoms in total. The van der Waals surface area contributed by atoms with Gasteiger partial charge in [0.1, 0.15) is 5.82 Å². The van der Waals surface area contributed by atoms with Crippen molar-refractivity contribution < 1.29 is 9.18 Å². The van der Waals surface area contributed by atoms with Crippen LogP contribution in [0.25, 0.3) is 0 Å². The summed E-state index contributed by atoms with van der Waals surface area (Å²) < 4.78 is 13.8. The first-order valence-electron chi connectivity index (χ1n) is 4.21. The molecule has 0 bridgehead atoms. The van der Waals surface area contributed by atoms with E-state index >= 15 is 0 Å². The predicted molar refractivity (Wildman–Crippen MR) is 59.9 cm³/mol. The molecule has 15 heavy (non-hydrogen) atoms. The van der Waals surface area contributed by atoms with E-state index < -0.39 is 11.7 Å². The summed E-state index contributed by atoms with van der Waals surface area (Å²) in [6.45, 7) is 0.158. The Morgan fingerprint density at radius 3 is 2.93 bits per heavy atom. The SMILES string of the molecule is C#CCN(C)C(=O)c1cccc(Br)c1F. The van der Waals surface area contributed by atoms with Crippen LogP contribution in [0.1, 0.15) is 10.4 Å². The quantitative estimate of drug-likeness (QED) is 0.755. The molecule has 1 amide bonds. The standard InChI is InChI=1S/C11H9BrFNO/c1-3-7-14(2)11(15)8-5-4-6-9(12)10(8)13/h1,4-6H,7H2,2H3. The first-order valence-corrected chi connectivity index (χ1v) is 5.00. The van der Waals surface area contributed by atoms with E-state index in [1.54, 1.807) is 6.07 Å². The molecule has 0 aromatic heterocycles. The van der Waals surface area contributed by atoms with Gasteiger partial charge in [-0.15, -0.1) is 6.42 Å². The molecule has 78 valence electrons. The maximum absolute atomic E-state index is 13.5. The normalized spacial score (nSPS) is 9.47. The fraction of sp³-hybridized carbons (Fsp3) is 0.182. The molecule has 1 aromatic rings. The van der Waals surface area contributed by atoms with Crippen molar-refractivity contribution in [3.05, 3.63) is 34.1 Å². The highest BCUT2D eigenvalue weighted by Crippen LogP contribution is 2.19.